The number of anilines is 1. The average molecular weight is 326 g/mol. The first kappa shape index (κ1) is 15.8. The maximum Gasteiger partial charge on any atom is 0.291 e. The Labute approximate surface area is 139 Å². The van der Waals surface area contributed by atoms with E-state index in [1.54, 1.807) is 35.1 Å². The van der Waals surface area contributed by atoms with E-state index in [-0.39, 0.29) is 11.7 Å². The Balaban J connectivity index is 1.92. The van der Waals surface area contributed by atoms with Crippen LogP contribution in [0, 0.1) is 0 Å². The number of amides is 1. The molecule has 3 N–H and O–H groups in total. The summed E-state index contributed by atoms with van der Waals surface area (Å²) in [5, 5.41) is 6.99. The second kappa shape index (κ2) is 7.01. The van der Waals surface area contributed by atoms with Crippen molar-refractivity contribution in [1.82, 2.24) is 9.78 Å². The Morgan fingerprint density at radius 1 is 1.38 bits per heavy atom. The van der Waals surface area contributed by atoms with Gasteiger partial charge in [0.25, 0.3) is 5.91 Å². The van der Waals surface area contributed by atoms with Crippen LogP contribution in [0.3, 0.4) is 0 Å². The molecule has 0 atom stereocenters. The number of benzene rings is 1. The van der Waals surface area contributed by atoms with E-state index in [9.17, 15) is 4.79 Å². The Bertz CT molecular complexity index is 824. The average Bonchev–Trinajstić information content (AvgIpc) is 3.25. The van der Waals surface area contributed by atoms with Gasteiger partial charge in [0.1, 0.15) is 12.4 Å². The van der Waals surface area contributed by atoms with Gasteiger partial charge in [-0.05, 0) is 36.4 Å². The number of rotatable bonds is 6. The molecule has 3 aromatic rings. The molecule has 0 aliphatic rings. The standard InChI is InChI=1S/C17H18N4O3/c1-21-14(6-8-19-21)13-11-12(4-5-15(13)24-10-7-18)20-17(22)16-3-2-9-23-16/h2-6,8-9,11H,7,10,18H2,1H3,(H,20,22). The van der Waals surface area contributed by atoms with E-state index in [2.05, 4.69) is 10.4 Å². The van der Waals surface area contributed by atoms with Crippen LogP contribution in [0.15, 0.2) is 53.3 Å². The summed E-state index contributed by atoms with van der Waals surface area (Å²) in [7, 11) is 1.84. The zero-order valence-corrected chi connectivity index (χ0v) is 13.2. The normalized spacial score (nSPS) is 10.6. The predicted molar refractivity (Wildman–Crippen MR) is 89.9 cm³/mol. The van der Waals surface area contributed by atoms with Crippen LogP contribution in [0.2, 0.25) is 0 Å². The summed E-state index contributed by atoms with van der Waals surface area (Å²) in [6, 6.07) is 10.6. The van der Waals surface area contributed by atoms with Gasteiger partial charge < -0.3 is 20.2 Å². The zero-order valence-electron chi connectivity index (χ0n) is 13.2. The third-order valence-corrected chi connectivity index (χ3v) is 3.45. The highest BCUT2D eigenvalue weighted by Crippen LogP contribution is 2.32. The van der Waals surface area contributed by atoms with Gasteiger partial charge in [-0.25, -0.2) is 0 Å². The van der Waals surface area contributed by atoms with E-state index in [1.807, 2.05) is 19.2 Å². The van der Waals surface area contributed by atoms with Crippen molar-refractivity contribution in [3.8, 4) is 17.0 Å². The maximum absolute atomic E-state index is 12.1. The van der Waals surface area contributed by atoms with E-state index in [0.29, 0.717) is 24.6 Å². The molecule has 0 saturated heterocycles. The monoisotopic (exact) mass is 326 g/mol. The first-order chi connectivity index (χ1) is 11.7. The molecule has 1 aromatic carbocycles. The Morgan fingerprint density at radius 2 is 2.25 bits per heavy atom. The summed E-state index contributed by atoms with van der Waals surface area (Å²) in [6.45, 7) is 0.824. The largest absolute Gasteiger partial charge is 0.492 e. The molecule has 7 heteroatoms. The van der Waals surface area contributed by atoms with Gasteiger partial charge in [0.05, 0.1) is 12.0 Å². The van der Waals surface area contributed by atoms with E-state index in [1.165, 1.54) is 6.26 Å². The van der Waals surface area contributed by atoms with Gasteiger partial charge >= 0.3 is 0 Å². The number of ether oxygens (including phenoxy) is 1. The molecule has 0 spiro atoms. The van der Waals surface area contributed by atoms with Gasteiger partial charge in [-0.1, -0.05) is 0 Å². The second-order valence-electron chi connectivity index (χ2n) is 5.12. The zero-order chi connectivity index (χ0) is 16.9. The quantitative estimate of drug-likeness (QED) is 0.724. The van der Waals surface area contributed by atoms with E-state index in [0.717, 1.165) is 11.3 Å². The number of hydrogen-bond donors (Lipinski definition) is 2. The number of nitrogens with zero attached hydrogens (tertiary/aromatic N) is 2. The van der Waals surface area contributed by atoms with E-state index < -0.39 is 0 Å². The molecule has 0 aliphatic heterocycles. The molecule has 0 fully saturated rings. The van der Waals surface area contributed by atoms with Crippen LogP contribution in [0.25, 0.3) is 11.3 Å². The van der Waals surface area contributed by atoms with Crippen molar-refractivity contribution in [3.63, 3.8) is 0 Å². The number of aryl methyl sites for hydroxylation is 1. The third-order valence-electron chi connectivity index (χ3n) is 3.45. The lowest BCUT2D eigenvalue weighted by atomic mass is 10.1. The van der Waals surface area contributed by atoms with Crippen molar-refractivity contribution in [2.45, 2.75) is 0 Å². The van der Waals surface area contributed by atoms with Crippen LogP contribution in [0.5, 0.6) is 5.75 Å². The summed E-state index contributed by atoms with van der Waals surface area (Å²) < 4.78 is 12.5. The van der Waals surface area contributed by atoms with Gasteiger partial charge in [0, 0.05) is 31.0 Å². The smallest absolute Gasteiger partial charge is 0.291 e. The first-order valence-corrected chi connectivity index (χ1v) is 7.49. The highest BCUT2D eigenvalue weighted by atomic mass is 16.5. The third kappa shape index (κ3) is 3.31. The highest BCUT2D eigenvalue weighted by molar-refractivity contribution is 6.02. The molecule has 0 radical (unpaired) electrons. The number of furan rings is 1. The van der Waals surface area contributed by atoms with Crippen LogP contribution in [-0.4, -0.2) is 28.8 Å². The number of hydrogen-bond acceptors (Lipinski definition) is 5. The molecule has 2 heterocycles. The molecular weight excluding hydrogens is 308 g/mol. The molecular formula is C17H18N4O3. The molecule has 0 unspecified atom stereocenters. The number of carbonyl (C=O) groups is 1. The highest BCUT2D eigenvalue weighted by Gasteiger charge is 2.14. The lowest BCUT2D eigenvalue weighted by Gasteiger charge is -2.13. The number of carbonyl (C=O) groups excluding carboxylic acids is 1. The lowest BCUT2D eigenvalue weighted by molar-refractivity contribution is 0.0996. The first-order valence-electron chi connectivity index (χ1n) is 7.49. The van der Waals surface area contributed by atoms with Gasteiger partial charge in [-0.3, -0.25) is 9.48 Å². The molecule has 24 heavy (non-hydrogen) atoms. The molecule has 2 aromatic heterocycles. The van der Waals surface area contributed by atoms with Crippen molar-refractivity contribution in [2.24, 2.45) is 12.8 Å². The summed E-state index contributed by atoms with van der Waals surface area (Å²) >= 11 is 0. The van der Waals surface area contributed by atoms with Crippen LogP contribution in [0.4, 0.5) is 5.69 Å². The molecule has 0 aliphatic carbocycles. The molecule has 0 bridgehead atoms. The number of nitrogens with two attached hydrogens (primary N) is 1. The minimum atomic E-state index is -0.313. The summed E-state index contributed by atoms with van der Waals surface area (Å²) in [5.74, 6) is 0.618. The van der Waals surface area contributed by atoms with Crippen LogP contribution in [0.1, 0.15) is 10.6 Å². The number of aromatic nitrogens is 2. The van der Waals surface area contributed by atoms with Crippen LogP contribution in [-0.2, 0) is 7.05 Å². The molecule has 7 nitrogen and oxygen atoms in total. The second-order valence-corrected chi connectivity index (χ2v) is 5.12. The van der Waals surface area contributed by atoms with E-state index >= 15 is 0 Å². The molecule has 1 amide bonds. The maximum atomic E-state index is 12.1. The summed E-state index contributed by atoms with van der Waals surface area (Å²) in [4.78, 5) is 12.1. The molecule has 3 rings (SSSR count). The lowest BCUT2D eigenvalue weighted by Crippen LogP contribution is -2.13. The van der Waals surface area contributed by atoms with Crippen molar-refractivity contribution in [1.29, 1.82) is 0 Å². The summed E-state index contributed by atoms with van der Waals surface area (Å²) in [5.41, 5.74) is 7.84. The van der Waals surface area contributed by atoms with Crippen LogP contribution < -0.4 is 15.8 Å². The minimum Gasteiger partial charge on any atom is -0.492 e. The fourth-order valence-corrected chi connectivity index (χ4v) is 2.34. The van der Waals surface area contributed by atoms with Gasteiger partial charge in [0.2, 0.25) is 0 Å². The Kier molecular flexibility index (Phi) is 4.62. The Morgan fingerprint density at radius 3 is 2.92 bits per heavy atom. The van der Waals surface area contributed by atoms with Crippen molar-refractivity contribution >= 4 is 11.6 Å². The Hall–Kier alpha value is -3.06. The fourth-order valence-electron chi connectivity index (χ4n) is 2.34. The van der Waals surface area contributed by atoms with Crippen LogP contribution >= 0.6 is 0 Å². The van der Waals surface area contributed by atoms with Gasteiger partial charge in [-0.15, -0.1) is 0 Å². The minimum absolute atomic E-state index is 0.251. The topological polar surface area (TPSA) is 95.3 Å². The fraction of sp³-hybridized carbons (Fsp3) is 0.176. The molecule has 0 saturated carbocycles. The number of nitrogens with one attached hydrogen (secondary N) is 1. The SMILES string of the molecule is Cn1nccc1-c1cc(NC(=O)c2ccco2)ccc1OCCN. The van der Waals surface area contributed by atoms with Crippen molar-refractivity contribution in [2.75, 3.05) is 18.5 Å². The van der Waals surface area contributed by atoms with Gasteiger partial charge in [-0.2, -0.15) is 5.10 Å². The summed E-state index contributed by atoms with van der Waals surface area (Å²) in [6.07, 6.45) is 3.16. The predicted octanol–water partition coefficient (Wildman–Crippen LogP) is 2.27. The van der Waals surface area contributed by atoms with Crippen molar-refractivity contribution in [3.05, 3.63) is 54.6 Å². The van der Waals surface area contributed by atoms with Gasteiger partial charge in [0.15, 0.2) is 5.76 Å². The molecule has 124 valence electrons. The van der Waals surface area contributed by atoms with E-state index in [4.69, 9.17) is 14.9 Å². The van der Waals surface area contributed by atoms with Crippen molar-refractivity contribution < 1.29 is 13.9 Å².